The van der Waals surface area contributed by atoms with E-state index in [0.29, 0.717) is 14.6 Å². The molecular weight excluding hydrogens is 288 g/mol. The first-order chi connectivity index (χ1) is 6.95. The standard InChI is InChI=1S/C8H4Br2S/c9-7-5-3-1-2-4-6(5)11-8(7)10/h1-4H/i1D,2D,3D,4D. The maximum atomic E-state index is 7.74. The highest BCUT2D eigenvalue weighted by atomic mass is 79.9. The van der Waals surface area contributed by atoms with Gasteiger partial charge in [0.05, 0.1) is 13.7 Å². The van der Waals surface area contributed by atoms with Crippen LogP contribution in [0.1, 0.15) is 5.48 Å². The molecule has 2 rings (SSSR count). The Balaban J connectivity index is 3.07. The van der Waals surface area contributed by atoms with E-state index in [4.69, 9.17) is 5.48 Å². The first-order valence-electron chi connectivity index (χ1n) is 4.79. The van der Waals surface area contributed by atoms with Gasteiger partial charge >= 0.3 is 0 Å². The summed E-state index contributed by atoms with van der Waals surface area (Å²) >= 11 is 7.92. The van der Waals surface area contributed by atoms with Crippen LogP contribution in [0.3, 0.4) is 0 Å². The van der Waals surface area contributed by atoms with Gasteiger partial charge in [-0.15, -0.1) is 11.3 Å². The normalized spacial score (nSPS) is 15.8. The van der Waals surface area contributed by atoms with Gasteiger partial charge < -0.3 is 0 Å². The molecule has 56 valence electrons. The molecule has 3 heteroatoms. The number of hydrogen-bond acceptors (Lipinski definition) is 1. The highest BCUT2D eigenvalue weighted by Gasteiger charge is 2.04. The minimum atomic E-state index is -0.196. The van der Waals surface area contributed by atoms with Gasteiger partial charge in [0.2, 0.25) is 0 Å². The van der Waals surface area contributed by atoms with E-state index in [0.717, 1.165) is 3.79 Å². The fourth-order valence-electron chi connectivity index (χ4n) is 0.765. The van der Waals surface area contributed by atoms with Gasteiger partial charge in [-0.3, -0.25) is 0 Å². The van der Waals surface area contributed by atoms with Crippen LogP contribution in [0.2, 0.25) is 0 Å². The maximum Gasteiger partial charge on any atom is 0.0853 e. The van der Waals surface area contributed by atoms with Crippen molar-refractivity contribution in [3.63, 3.8) is 0 Å². The van der Waals surface area contributed by atoms with Crippen LogP contribution in [0.5, 0.6) is 0 Å². The number of thiophene rings is 1. The topological polar surface area (TPSA) is 0 Å². The average Bonchev–Trinajstić information content (AvgIpc) is 2.50. The van der Waals surface area contributed by atoms with Gasteiger partial charge in [-0.1, -0.05) is 18.1 Å². The number of fused-ring (bicyclic) bond motifs is 1. The SMILES string of the molecule is [2H]c1c([2H])c([2H])c2c(Br)c(Br)sc2c1[2H]. The van der Waals surface area contributed by atoms with Crippen LogP contribution in [0.15, 0.2) is 32.4 Å². The molecule has 0 atom stereocenters. The van der Waals surface area contributed by atoms with Gasteiger partial charge in [0.1, 0.15) is 0 Å². The Morgan fingerprint density at radius 3 is 2.82 bits per heavy atom. The Hall–Kier alpha value is 0.140. The van der Waals surface area contributed by atoms with E-state index in [1.807, 2.05) is 0 Å². The average molecular weight is 296 g/mol. The molecule has 0 aliphatic rings. The number of halogens is 2. The van der Waals surface area contributed by atoms with E-state index in [-0.39, 0.29) is 24.2 Å². The largest absolute Gasteiger partial charge is 0.127 e. The van der Waals surface area contributed by atoms with Gasteiger partial charge in [0.25, 0.3) is 0 Å². The molecule has 0 saturated heterocycles. The smallest absolute Gasteiger partial charge is 0.0853 e. The molecule has 2 aromatic rings. The van der Waals surface area contributed by atoms with Crippen molar-refractivity contribution in [1.29, 1.82) is 0 Å². The van der Waals surface area contributed by atoms with Gasteiger partial charge in [-0.05, 0) is 37.9 Å². The van der Waals surface area contributed by atoms with Gasteiger partial charge in [0.15, 0.2) is 0 Å². The molecule has 0 fully saturated rings. The zero-order chi connectivity index (χ0) is 11.3. The second kappa shape index (κ2) is 2.88. The summed E-state index contributed by atoms with van der Waals surface area (Å²) in [6.07, 6.45) is 0. The van der Waals surface area contributed by atoms with Crippen molar-refractivity contribution < 1.29 is 5.48 Å². The second-order valence-electron chi connectivity index (χ2n) is 1.89. The molecule has 0 spiro atoms. The van der Waals surface area contributed by atoms with Crippen LogP contribution in [-0.4, -0.2) is 0 Å². The lowest BCUT2D eigenvalue weighted by atomic mass is 10.3. The molecule has 0 aliphatic heterocycles. The van der Waals surface area contributed by atoms with E-state index in [9.17, 15) is 0 Å². The summed E-state index contributed by atoms with van der Waals surface area (Å²) in [6, 6.07) is -0.366. The van der Waals surface area contributed by atoms with Crippen molar-refractivity contribution in [3.8, 4) is 0 Å². The molecule has 11 heavy (non-hydrogen) atoms. The van der Waals surface area contributed by atoms with Gasteiger partial charge in [-0.2, -0.15) is 0 Å². The summed E-state index contributed by atoms with van der Waals surface area (Å²) in [5.74, 6) is 0. The molecule has 1 aromatic carbocycles. The van der Waals surface area contributed by atoms with Crippen LogP contribution < -0.4 is 0 Å². The molecule has 0 radical (unpaired) electrons. The lowest BCUT2D eigenvalue weighted by Gasteiger charge is -1.86. The predicted octanol–water partition coefficient (Wildman–Crippen LogP) is 4.43. The summed E-state index contributed by atoms with van der Waals surface area (Å²) in [6.45, 7) is 0. The first-order valence-corrected chi connectivity index (χ1v) is 5.19. The summed E-state index contributed by atoms with van der Waals surface area (Å²) in [7, 11) is 0. The Labute approximate surface area is 91.1 Å². The maximum absolute atomic E-state index is 7.74. The quantitative estimate of drug-likeness (QED) is 0.675. The minimum absolute atomic E-state index is 0.000162. The third kappa shape index (κ3) is 1.25. The molecule has 0 amide bonds. The lowest BCUT2D eigenvalue weighted by molar-refractivity contribution is 1.82. The van der Waals surface area contributed by atoms with Crippen molar-refractivity contribution in [2.75, 3.05) is 0 Å². The minimum Gasteiger partial charge on any atom is -0.127 e. The molecular formula is C8H4Br2S. The van der Waals surface area contributed by atoms with Gasteiger partial charge in [-0.25, -0.2) is 0 Å². The Morgan fingerprint density at radius 2 is 2.00 bits per heavy atom. The van der Waals surface area contributed by atoms with E-state index in [1.165, 1.54) is 11.3 Å². The summed E-state index contributed by atoms with van der Waals surface area (Å²) in [5, 5.41) is 0.540. The van der Waals surface area contributed by atoms with Crippen LogP contribution in [0.4, 0.5) is 0 Å². The second-order valence-corrected chi connectivity index (χ2v) is 5.03. The molecule has 0 nitrogen and oxygen atoms in total. The van der Waals surface area contributed by atoms with E-state index >= 15 is 0 Å². The zero-order valence-electron chi connectivity index (χ0n) is 9.16. The monoisotopic (exact) mass is 294 g/mol. The van der Waals surface area contributed by atoms with E-state index in [1.54, 1.807) is 0 Å². The number of benzene rings is 1. The fraction of sp³-hybridized carbons (Fsp3) is 0. The number of rotatable bonds is 0. The molecule has 0 unspecified atom stereocenters. The lowest BCUT2D eigenvalue weighted by Crippen LogP contribution is -1.60. The third-order valence-corrected chi connectivity index (χ3v) is 4.60. The molecule has 0 aliphatic carbocycles. The van der Waals surface area contributed by atoms with Crippen LogP contribution >= 0.6 is 43.2 Å². The summed E-state index contributed by atoms with van der Waals surface area (Å²) in [5.41, 5.74) is 0. The molecule has 0 saturated carbocycles. The summed E-state index contributed by atoms with van der Waals surface area (Å²) < 4.78 is 32.6. The first kappa shape index (κ1) is 4.40. The van der Waals surface area contributed by atoms with E-state index in [2.05, 4.69) is 31.9 Å². The summed E-state index contributed by atoms with van der Waals surface area (Å²) in [4.78, 5) is 0. The van der Waals surface area contributed by atoms with Crippen molar-refractivity contribution in [1.82, 2.24) is 0 Å². The molecule has 0 N–H and O–H groups in total. The molecule has 0 bridgehead atoms. The molecule has 1 heterocycles. The highest BCUT2D eigenvalue weighted by Crippen LogP contribution is 2.38. The third-order valence-electron chi connectivity index (χ3n) is 1.24. The van der Waals surface area contributed by atoms with Crippen molar-refractivity contribution >= 4 is 53.3 Å². The Kier molecular flexibility index (Phi) is 1.15. The predicted molar refractivity (Wildman–Crippen MR) is 57.2 cm³/mol. The van der Waals surface area contributed by atoms with Crippen molar-refractivity contribution in [3.05, 3.63) is 32.4 Å². The number of hydrogen-bond donors (Lipinski definition) is 0. The van der Waals surface area contributed by atoms with Crippen LogP contribution in [0, 0.1) is 0 Å². The highest BCUT2D eigenvalue weighted by molar-refractivity contribution is 9.13. The van der Waals surface area contributed by atoms with Crippen molar-refractivity contribution in [2.24, 2.45) is 0 Å². The zero-order valence-corrected chi connectivity index (χ0v) is 9.15. The Bertz CT molecular complexity index is 564. The van der Waals surface area contributed by atoms with E-state index < -0.39 is 0 Å². The van der Waals surface area contributed by atoms with Crippen LogP contribution in [0.25, 0.3) is 10.1 Å². The fourth-order valence-corrected chi connectivity index (χ4v) is 2.85. The Morgan fingerprint density at radius 1 is 1.27 bits per heavy atom. The van der Waals surface area contributed by atoms with Crippen molar-refractivity contribution in [2.45, 2.75) is 0 Å². The van der Waals surface area contributed by atoms with Crippen LogP contribution in [-0.2, 0) is 0 Å². The molecule has 1 aromatic heterocycles. The van der Waals surface area contributed by atoms with Gasteiger partial charge in [0, 0.05) is 10.1 Å².